The van der Waals surface area contributed by atoms with Crippen LogP contribution in [0.25, 0.3) is 0 Å². The first-order chi connectivity index (χ1) is 9.56. The molecule has 0 radical (unpaired) electrons. The van der Waals surface area contributed by atoms with Crippen LogP contribution in [0, 0.1) is 0 Å². The van der Waals surface area contributed by atoms with E-state index in [0.717, 1.165) is 31.7 Å². The second-order valence-electron chi connectivity index (χ2n) is 5.68. The van der Waals surface area contributed by atoms with Crippen LogP contribution in [-0.2, 0) is 0 Å². The van der Waals surface area contributed by atoms with Gasteiger partial charge in [0.15, 0.2) is 5.78 Å². The average molecular weight is 295 g/mol. The minimum absolute atomic E-state index is 0.178. The first-order valence-electron chi connectivity index (χ1n) is 7.27. The quantitative estimate of drug-likeness (QED) is 0.798. The standard InChI is InChI=1S/C16H23ClN2O/c1-13-12-18(2)8-4-9-19(13)10-7-16(20)14-5-3-6-15(17)11-14/h3,5-6,11,13H,4,7-10,12H2,1-2H3. The van der Waals surface area contributed by atoms with E-state index >= 15 is 0 Å². The molecule has 1 saturated heterocycles. The summed E-state index contributed by atoms with van der Waals surface area (Å²) < 4.78 is 0. The summed E-state index contributed by atoms with van der Waals surface area (Å²) in [5.74, 6) is 0.178. The van der Waals surface area contributed by atoms with Crippen molar-refractivity contribution in [3.05, 3.63) is 34.9 Å². The molecule has 1 aliphatic heterocycles. The van der Waals surface area contributed by atoms with Gasteiger partial charge in [-0.2, -0.15) is 0 Å². The van der Waals surface area contributed by atoms with E-state index in [1.54, 1.807) is 12.1 Å². The number of nitrogens with zero attached hydrogens (tertiary/aromatic N) is 2. The normalized spacial score (nSPS) is 21.6. The molecule has 110 valence electrons. The molecule has 1 fully saturated rings. The number of hydrogen-bond donors (Lipinski definition) is 0. The maximum atomic E-state index is 12.2. The molecule has 0 bridgehead atoms. The summed E-state index contributed by atoms with van der Waals surface area (Å²) >= 11 is 5.93. The highest BCUT2D eigenvalue weighted by molar-refractivity contribution is 6.31. The van der Waals surface area contributed by atoms with Crippen LogP contribution < -0.4 is 0 Å². The molecule has 20 heavy (non-hydrogen) atoms. The van der Waals surface area contributed by atoms with Crippen molar-refractivity contribution in [2.24, 2.45) is 0 Å². The van der Waals surface area contributed by atoms with Gasteiger partial charge < -0.3 is 4.90 Å². The van der Waals surface area contributed by atoms with Crippen molar-refractivity contribution in [3.8, 4) is 0 Å². The van der Waals surface area contributed by atoms with Gasteiger partial charge >= 0.3 is 0 Å². The third-order valence-corrected chi connectivity index (χ3v) is 4.19. The van der Waals surface area contributed by atoms with Crippen LogP contribution >= 0.6 is 11.6 Å². The van der Waals surface area contributed by atoms with Gasteiger partial charge in [0.1, 0.15) is 0 Å². The summed E-state index contributed by atoms with van der Waals surface area (Å²) in [5.41, 5.74) is 0.720. The number of halogens is 1. The Hall–Kier alpha value is -0.900. The van der Waals surface area contributed by atoms with Gasteiger partial charge in [-0.1, -0.05) is 23.7 Å². The van der Waals surface area contributed by atoms with Gasteiger partial charge in [0.25, 0.3) is 0 Å². The van der Waals surface area contributed by atoms with E-state index in [2.05, 4.69) is 23.8 Å². The van der Waals surface area contributed by atoms with E-state index < -0.39 is 0 Å². The van der Waals surface area contributed by atoms with Gasteiger partial charge in [-0.15, -0.1) is 0 Å². The fourth-order valence-electron chi connectivity index (χ4n) is 2.81. The van der Waals surface area contributed by atoms with Crippen molar-refractivity contribution in [1.82, 2.24) is 9.80 Å². The Balaban J connectivity index is 1.89. The Kier molecular flexibility index (Phi) is 5.58. The number of hydrogen-bond acceptors (Lipinski definition) is 3. The van der Waals surface area contributed by atoms with Crippen LogP contribution in [0.2, 0.25) is 5.02 Å². The number of carbonyl (C=O) groups excluding carboxylic acids is 1. The fraction of sp³-hybridized carbons (Fsp3) is 0.562. The van der Waals surface area contributed by atoms with Gasteiger partial charge in [0.2, 0.25) is 0 Å². The lowest BCUT2D eigenvalue weighted by Crippen LogP contribution is -2.39. The fourth-order valence-corrected chi connectivity index (χ4v) is 3.00. The van der Waals surface area contributed by atoms with E-state index in [-0.39, 0.29) is 5.78 Å². The molecule has 3 nitrogen and oxygen atoms in total. The summed E-state index contributed by atoms with van der Waals surface area (Å²) in [6.45, 7) is 6.37. The zero-order valence-corrected chi connectivity index (χ0v) is 13.1. The van der Waals surface area contributed by atoms with Crippen molar-refractivity contribution in [1.29, 1.82) is 0 Å². The lowest BCUT2D eigenvalue weighted by atomic mass is 10.1. The van der Waals surface area contributed by atoms with Crippen LogP contribution in [0.1, 0.15) is 30.1 Å². The monoisotopic (exact) mass is 294 g/mol. The van der Waals surface area contributed by atoms with Crippen molar-refractivity contribution < 1.29 is 4.79 Å². The van der Waals surface area contributed by atoms with Gasteiger partial charge in [-0.25, -0.2) is 0 Å². The molecule has 1 unspecified atom stereocenters. The summed E-state index contributed by atoms with van der Waals surface area (Å²) in [5, 5.41) is 0.626. The third-order valence-electron chi connectivity index (χ3n) is 3.96. The number of likely N-dealkylation sites (N-methyl/N-ethyl adjacent to an activating group) is 1. The molecular weight excluding hydrogens is 272 g/mol. The van der Waals surface area contributed by atoms with Gasteiger partial charge in [0.05, 0.1) is 0 Å². The molecular formula is C16H23ClN2O. The molecule has 1 heterocycles. The Morgan fingerprint density at radius 3 is 2.95 bits per heavy atom. The van der Waals surface area contributed by atoms with Crippen LogP contribution in [0.4, 0.5) is 0 Å². The minimum Gasteiger partial charge on any atom is -0.305 e. The first kappa shape index (κ1) is 15.5. The molecule has 0 saturated carbocycles. The van der Waals surface area contributed by atoms with E-state index in [1.807, 2.05) is 12.1 Å². The highest BCUT2D eigenvalue weighted by Crippen LogP contribution is 2.14. The van der Waals surface area contributed by atoms with Crippen LogP contribution in [-0.4, -0.2) is 54.9 Å². The Morgan fingerprint density at radius 2 is 2.20 bits per heavy atom. The van der Waals surface area contributed by atoms with Crippen molar-refractivity contribution >= 4 is 17.4 Å². The zero-order chi connectivity index (χ0) is 14.5. The molecule has 4 heteroatoms. The molecule has 1 aromatic carbocycles. The number of rotatable bonds is 4. The Labute approximate surface area is 126 Å². The molecule has 1 atom stereocenters. The van der Waals surface area contributed by atoms with Crippen molar-refractivity contribution in [3.63, 3.8) is 0 Å². The molecule has 1 aliphatic rings. The average Bonchev–Trinajstić information content (AvgIpc) is 2.57. The van der Waals surface area contributed by atoms with E-state index in [4.69, 9.17) is 11.6 Å². The molecule has 0 N–H and O–H groups in total. The van der Waals surface area contributed by atoms with Crippen molar-refractivity contribution in [2.45, 2.75) is 25.8 Å². The number of benzene rings is 1. The van der Waals surface area contributed by atoms with Gasteiger partial charge in [-0.05, 0) is 45.6 Å². The van der Waals surface area contributed by atoms with Crippen LogP contribution in [0.3, 0.4) is 0 Å². The topological polar surface area (TPSA) is 23.6 Å². The first-order valence-corrected chi connectivity index (χ1v) is 7.65. The second-order valence-corrected chi connectivity index (χ2v) is 6.12. The van der Waals surface area contributed by atoms with Gasteiger partial charge in [-0.3, -0.25) is 9.69 Å². The summed E-state index contributed by atoms with van der Waals surface area (Å²) in [4.78, 5) is 17.0. The molecule has 0 aromatic heterocycles. The lowest BCUT2D eigenvalue weighted by molar-refractivity contribution is 0.0953. The number of ketones is 1. The highest BCUT2D eigenvalue weighted by Gasteiger charge is 2.20. The summed E-state index contributed by atoms with van der Waals surface area (Å²) in [6.07, 6.45) is 1.74. The molecule has 0 aliphatic carbocycles. The van der Waals surface area contributed by atoms with E-state index in [9.17, 15) is 4.79 Å². The van der Waals surface area contributed by atoms with E-state index in [0.29, 0.717) is 17.5 Å². The van der Waals surface area contributed by atoms with Crippen LogP contribution in [0.15, 0.2) is 24.3 Å². The lowest BCUT2D eigenvalue weighted by Gasteiger charge is -2.27. The number of carbonyl (C=O) groups is 1. The maximum absolute atomic E-state index is 12.2. The van der Waals surface area contributed by atoms with E-state index in [1.165, 1.54) is 6.42 Å². The Morgan fingerprint density at radius 1 is 1.40 bits per heavy atom. The zero-order valence-electron chi connectivity index (χ0n) is 12.3. The predicted molar refractivity (Wildman–Crippen MR) is 83.5 cm³/mol. The second kappa shape index (κ2) is 7.21. The smallest absolute Gasteiger partial charge is 0.164 e. The molecule has 0 amide bonds. The highest BCUT2D eigenvalue weighted by atomic mass is 35.5. The maximum Gasteiger partial charge on any atom is 0.164 e. The predicted octanol–water partition coefficient (Wildman–Crippen LogP) is 2.94. The summed E-state index contributed by atoms with van der Waals surface area (Å²) in [7, 11) is 2.16. The molecule has 0 spiro atoms. The molecule has 2 rings (SSSR count). The van der Waals surface area contributed by atoms with Crippen LogP contribution in [0.5, 0.6) is 0 Å². The largest absolute Gasteiger partial charge is 0.305 e. The number of Topliss-reactive ketones (excluding diaryl/α,β-unsaturated/α-hetero) is 1. The van der Waals surface area contributed by atoms with Crippen molar-refractivity contribution in [2.75, 3.05) is 33.2 Å². The van der Waals surface area contributed by atoms with Gasteiger partial charge in [0, 0.05) is 36.1 Å². The third kappa shape index (κ3) is 4.30. The Bertz CT molecular complexity index is 464. The SMILES string of the molecule is CC1CN(C)CCCN1CCC(=O)c1cccc(Cl)c1. The molecule has 1 aromatic rings. The minimum atomic E-state index is 0.178. The summed E-state index contributed by atoms with van der Waals surface area (Å²) in [6, 6.07) is 7.73.